The molecule has 4 aromatic rings. The number of ether oxygens (including phenoxy) is 6. The lowest BCUT2D eigenvalue weighted by atomic mass is 10.0. The van der Waals surface area contributed by atoms with Crippen molar-refractivity contribution in [1.29, 1.82) is 0 Å². The number of unbranched alkanes of at least 4 members (excludes halogenated alkanes) is 13. The van der Waals surface area contributed by atoms with Crippen molar-refractivity contribution in [2.75, 3.05) is 78.9 Å². The normalized spacial score (nSPS) is 15.9. The number of pyridine rings is 2. The van der Waals surface area contributed by atoms with Gasteiger partial charge in [0.25, 0.3) is 0 Å². The number of hydrogen-bond acceptors (Lipinski definition) is 20. The van der Waals surface area contributed by atoms with E-state index in [4.69, 9.17) is 23.7 Å². The molecular formula is C66H94BrN11O15. The number of nitrogens with zero attached hydrogens (tertiary/aromatic N) is 7. The lowest BCUT2D eigenvalue weighted by Gasteiger charge is -2.27. The van der Waals surface area contributed by atoms with Crippen LogP contribution in [0.25, 0.3) is 22.2 Å². The zero-order chi connectivity index (χ0) is 67.0. The van der Waals surface area contributed by atoms with Crippen LogP contribution in [0.5, 0.6) is 0 Å². The van der Waals surface area contributed by atoms with Gasteiger partial charge in [-0.2, -0.15) is 5.10 Å². The fraction of sp³-hybridized carbons (Fsp3) is 0.636. The number of nitrogens with one attached hydrogen (secondary N) is 4. The number of amides is 5. The molecule has 0 spiro atoms. The number of fused-ring (bicyclic) bond motifs is 2. The van der Waals surface area contributed by atoms with E-state index in [0.717, 1.165) is 50.5 Å². The van der Waals surface area contributed by atoms with Gasteiger partial charge in [0.2, 0.25) is 29.5 Å². The minimum Gasteiger partial charge on any atom is -0.469 e. The van der Waals surface area contributed by atoms with Gasteiger partial charge in [0.15, 0.2) is 5.78 Å². The highest BCUT2D eigenvalue weighted by Gasteiger charge is 2.64. The first-order valence-corrected chi connectivity index (χ1v) is 33.4. The van der Waals surface area contributed by atoms with Crippen molar-refractivity contribution < 1.29 is 71.6 Å². The molecule has 510 valence electrons. The molecule has 5 heterocycles. The summed E-state index contributed by atoms with van der Waals surface area (Å²) in [7, 11) is 2.69. The van der Waals surface area contributed by atoms with Crippen LogP contribution in [0.2, 0.25) is 0 Å². The number of aromatic nitrogens is 6. The molecule has 5 amide bonds. The van der Waals surface area contributed by atoms with E-state index in [0.29, 0.717) is 70.7 Å². The number of hydrogen-bond donors (Lipinski definition) is 4. The highest BCUT2D eigenvalue weighted by atomic mass is 79.9. The number of carbonyl (C=O) groups is 9. The zero-order valence-corrected chi connectivity index (χ0v) is 56.2. The number of halogens is 1. The number of esters is 2. The topological polar surface area (TPSA) is 330 Å². The second kappa shape index (κ2) is 40.1. The van der Waals surface area contributed by atoms with Crippen molar-refractivity contribution in [3.8, 4) is 11.3 Å². The van der Waals surface area contributed by atoms with Crippen LogP contribution in [-0.2, 0) is 79.9 Å². The largest absolute Gasteiger partial charge is 0.469 e. The first-order valence-electron chi connectivity index (χ1n) is 32.6. The summed E-state index contributed by atoms with van der Waals surface area (Å²) in [6.07, 6.45) is 23.4. The lowest BCUT2D eigenvalue weighted by molar-refractivity contribution is -0.145. The van der Waals surface area contributed by atoms with Gasteiger partial charge in [-0.1, -0.05) is 90.0 Å². The number of aryl methyl sites for hydroxylation is 1. The van der Waals surface area contributed by atoms with E-state index in [9.17, 15) is 43.2 Å². The Hall–Kier alpha value is -7.20. The summed E-state index contributed by atoms with van der Waals surface area (Å²) in [5, 5.41) is 16.1. The summed E-state index contributed by atoms with van der Waals surface area (Å²) in [5.41, 5.74) is 2.25. The number of rotatable bonds is 47. The Kier molecular flexibility index (Phi) is 32.3. The quantitative estimate of drug-likeness (QED) is 0.0143. The molecule has 2 fully saturated rings. The smallest absolute Gasteiger partial charge is 0.328 e. The maximum Gasteiger partial charge on any atom is 0.328 e. The van der Waals surface area contributed by atoms with Gasteiger partial charge in [-0.15, -0.1) is 0 Å². The van der Waals surface area contributed by atoms with Crippen molar-refractivity contribution in [2.45, 2.75) is 193 Å². The molecule has 27 heteroatoms. The summed E-state index contributed by atoms with van der Waals surface area (Å²) < 4.78 is 33.4. The predicted molar refractivity (Wildman–Crippen MR) is 347 cm³/mol. The molecule has 93 heavy (non-hydrogen) atoms. The molecule has 0 aromatic carbocycles. The minimum absolute atomic E-state index is 0.0296. The van der Waals surface area contributed by atoms with Crippen molar-refractivity contribution in [1.82, 2.24) is 50.6 Å². The first kappa shape index (κ1) is 74.8. The van der Waals surface area contributed by atoms with Gasteiger partial charge in [0, 0.05) is 75.1 Å². The molecule has 26 nitrogen and oxygen atoms in total. The number of methoxy groups -OCH3 is 2. The molecule has 0 radical (unpaired) electrons. The standard InChI is InChI=1S/C66H94BrN11O15/c1-45-24-27-55(67)74-63(45)75-64(86)52-36-66(3)37-54(66)78(52)60(84)42-77-53-40-69-51(35-49(53)62(76-77)46(2)79)47-38-70-56(71-39-47)41-72-59(83)44-93-34-32-91-30-28-68-58(82)43-92-33-31-90-29-20-21-48(80)25-26-50(65(87)89-5)73-57(81)22-18-16-14-12-10-8-6-7-9-11-13-15-17-19-23-61(85)88-4/h24,27,35,38-40,50,52,54H,6-23,25-26,28-34,36-37,41-44H2,1-5H3,(H,68,82)(H,72,83)(H,73,81)(H,74,75,86)/t50-,52-,54+,66-/m0/s1. The Morgan fingerprint density at radius 3 is 1.92 bits per heavy atom. The van der Waals surface area contributed by atoms with Crippen LogP contribution < -0.4 is 21.3 Å². The maximum atomic E-state index is 14.1. The van der Waals surface area contributed by atoms with Crippen LogP contribution in [0.1, 0.15) is 177 Å². The summed E-state index contributed by atoms with van der Waals surface area (Å²) >= 11 is 3.36. The molecule has 0 unspecified atom stereocenters. The minimum atomic E-state index is -0.883. The fourth-order valence-corrected chi connectivity index (χ4v) is 11.4. The van der Waals surface area contributed by atoms with Crippen LogP contribution in [0.4, 0.5) is 5.82 Å². The third-order valence-electron chi connectivity index (χ3n) is 16.5. The van der Waals surface area contributed by atoms with E-state index in [1.165, 1.54) is 77.2 Å². The summed E-state index contributed by atoms with van der Waals surface area (Å²) in [6, 6.07) is 3.64. The van der Waals surface area contributed by atoms with Gasteiger partial charge < -0.3 is 54.6 Å². The summed E-state index contributed by atoms with van der Waals surface area (Å²) in [6.45, 7) is 6.22. The van der Waals surface area contributed by atoms with Crippen LogP contribution in [0.3, 0.4) is 0 Å². The van der Waals surface area contributed by atoms with E-state index in [1.54, 1.807) is 35.6 Å². The Labute approximate surface area is 552 Å². The van der Waals surface area contributed by atoms with E-state index < -0.39 is 24.0 Å². The number of carbonyl (C=O) groups excluding carboxylic acids is 9. The second-order valence-corrected chi connectivity index (χ2v) is 24.8. The van der Waals surface area contributed by atoms with Gasteiger partial charge in [0.05, 0.1) is 71.2 Å². The molecule has 1 aliphatic heterocycles. The number of piperidine rings is 1. The second-order valence-electron chi connectivity index (χ2n) is 24.0. The summed E-state index contributed by atoms with van der Waals surface area (Å²) in [4.78, 5) is 133. The van der Waals surface area contributed by atoms with Gasteiger partial charge in [0.1, 0.15) is 59.6 Å². The van der Waals surface area contributed by atoms with Gasteiger partial charge in [-0.05, 0) is 84.5 Å². The van der Waals surface area contributed by atoms with Gasteiger partial charge in [-0.3, -0.25) is 48.0 Å². The number of likely N-dealkylation sites (tertiary alicyclic amines) is 1. The molecule has 4 N–H and O–H groups in total. The first-order chi connectivity index (χ1) is 44.9. The number of anilines is 1. The Bertz CT molecular complexity index is 3110. The van der Waals surface area contributed by atoms with Gasteiger partial charge in [-0.25, -0.2) is 19.7 Å². The van der Waals surface area contributed by atoms with Gasteiger partial charge >= 0.3 is 11.9 Å². The third kappa shape index (κ3) is 25.9. The molecule has 4 atom stereocenters. The number of Topliss-reactive ketones (excluding diaryl/α,β-unsaturated/α-hetero) is 2. The Balaban J connectivity index is 0.737. The van der Waals surface area contributed by atoms with Crippen LogP contribution in [0, 0.1) is 12.3 Å². The number of ketones is 2. The van der Waals surface area contributed by atoms with Crippen molar-refractivity contribution in [3.05, 3.63) is 58.5 Å². The SMILES string of the molecule is COC(=O)CCCCCCCCCCCCCCCCC(=O)N[C@@H](CCC(=O)CCCOCCOCC(=O)NCCOCCOCC(=O)NCc1ncc(-c2cc3c(C(C)=O)nn(CC(=O)N4[C@H](C(=O)Nc5nc(Br)ccc5C)C[C@@]5(C)C[C@@H]45)c3cn2)cn1)C(=O)OC. The Morgan fingerprint density at radius 2 is 1.29 bits per heavy atom. The average molecular weight is 1360 g/mol. The van der Waals surface area contributed by atoms with Crippen LogP contribution in [0.15, 0.2) is 41.4 Å². The molecule has 0 bridgehead atoms. The fourth-order valence-electron chi connectivity index (χ4n) is 11.1. The average Bonchev–Trinajstić information content (AvgIpc) is 1.55. The summed E-state index contributed by atoms with van der Waals surface area (Å²) in [5.74, 6) is -1.89. The molecule has 6 rings (SSSR count). The van der Waals surface area contributed by atoms with Crippen molar-refractivity contribution >= 4 is 85.7 Å². The van der Waals surface area contributed by atoms with Crippen LogP contribution in [-0.4, -0.2) is 179 Å². The molecule has 4 aromatic heterocycles. The van der Waals surface area contributed by atoms with E-state index in [2.05, 4.69) is 73.9 Å². The highest BCUT2D eigenvalue weighted by molar-refractivity contribution is 9.10. The van der Waals surface area contributed by atoms with E-state index in [-0.39, 0.29) is 143 Å². The molecule has 1 saturated carbocycles. The monoisotopic (exact) mass is 1360 g/mol. The molecule has 2 aliphatic rings. The van der Waals surface area contributed by atoms with Crippen molar-refractivity contribution in [2.24, 2.45) is 5.41 Å². The van der Waals surface area contributed by atoms with E-state index in [1.807, 2.05) is 13.0 Å². The lowest BCUT2D eigenvalue weighted by Crippen LogP contribution is -2.47. The zero-order valence-electron chi connectivity index (χ0n) is 54.7. The molecular weight excluding hydrogens is 1270 g/mol. The molecule has 1 saturated heterocycles. The highest BCUT2D eigenvalue weighted by Crippen LogP contribution is 2.59. The molecule has 1 aliphatic carbocycles. The maximum absolute atomic E-state index is 14.1. The van der Waals surface area contributed by atoms with Crippen LogP contribution >= 0.6 is 15.9 Å². The van der Waals surface area contributed by atoms with E-state index >= 15 is 0 Å². The van der Waals surface area contributed by atoms with Crippen molar-refractivity contribution in [3.63, 3.8) is 0 Å². The predicted octanol–water partition coefficient (Wildman–Crippen LogP) is 7.58. The third-order valence-corrected chi connectivity index (χ3v) is 17.0. The Morgan fingerprint density at radius 1 is 0.677 bits per heavy atom.